The maximum absolute atomic E-state index is 12.8. The van der Waals surface area contributed by atoms with Gasteiger partial charge in [-0.1, -0.05) is 0 Å². The number of nitrogens with one attached hydrogen (secondary N) is 1. The molecular formula is C19H18F3N7O2. The van der Waals surface area contributed by atoms with Gasteiger partial charge in [-0.3, -0.25) is 14.6 Å². The van der Waals surface area contributed by atoms with Crippen LogP contribution in [0, 0.1) is 0 Å². The number of alkyl halides is 3. The summed E-state index contributed by atoms with van der Waals surface area (Å²) in [6.07, 6.45) is -2.34. The van der Waals surface area contributed by atoms with Crippen LogP contribution < -0.4 is 16.8 Å². The zero-order chi connectivity index (χ0) is 22.9. The molecule has 162 valence electrons. The molecule has 3 rings (SSSR count). The number of hydrogen-bond acceptors (Lipinski definition) is 6. The molecule has 0 spiro atoms. The number of hydrogen-bond donors (Lipinski definition) is 3. The van der Waals surface area contributed by atoms with Crippen molar-refractivity contribution in [1.29, 1.82) is 0 Å². The average molecular weight is 433 g/mol. The van der Waals surface area contributed by atoms with Crippen molar-refractivity contribution in [3.63, 3.8) is 0 Å². The lowest BCUT2D eigenvalue weighted by Gasteiger charge is -2.09. The van der Waals surface area contributed by atoms with Crippen LogP contribution in [-0.2, 0) is 6.18 Å². The van der Waals surface area contributed by atoms with E-state index in [1.807, 2.05) is 13.8 Å². The molecule has 0 aliphatic rings. The fourth-order valence-electron chi connectivity index (χ4n) is 2.81. The predicted octanol–water partition coefficient (Wildman–Crippen LogP) is 2.87. The predicted molar refractivity (Wildman–Crippen MR) is 106 cm³/mol. The first kappa shape index (κ1) is 21.7. The zero-order valence-electron chi connectivity index (χ0n) is 16.4. The summed E-state index contributed by atoms with van der Waals surface area (Å²) in [5.74, 6) is -1.70. The second kappa shape index (κ2) is 8.05. The number of nitrogen functional groups attached to an aromatic ring is 1. The number of carbonyl (C=O) groups is 2. The largest absolute Gasteiger partial charge is 0.416 e. The van der Waals surface area contributed by atoms with Crippen LogP contribution >= 0.6 is 0 Å². The lowest BCUT2D eigenvalue weighted by Crippen LogP contribution is -2.16. The Morgan fingerprint density at radius 1 is 1.16 bits per heavy atom. The Labute approximate surface area is 174 Å². The van der Waals surface area contributed by atoms with E-state index in [9.17, 15) is 22.8 Å². The van der Waals surface area contributed by atoms with Crippen LogP contribution in [-0.4, -0.2) is 31.6 Å². The molecule has 0 aliphatic carbocycles. The van der Waals surface area contributed by atoms with E-state index >= 15 is 0 Å². The quantitative estimate of drug-likeness (QED) is 0.565. The highest BCUT2D eigenvalue weighted by Crippen LogP contribution is 2.30. The van der Waals surface area contributed by atoms with Crippen molar-refractivity contribution in [2.75, 3.05) is 11.1 Å². The van der Waals surface area contributed by atoms with Gasteiger partial charge in [0.05, 0.1) is 5.56 Å². The first-order valence-electron chi connectivity index (χ1n) is 8.97. The summed E-state index contributed by atoms with van der Waals surface area (Å²) in [6, 6.07) is 4.17. The van der Waals surface area contributed by atoms with Gasteiger partial charge in [-0.05, 0) is 38.1 Å². The molecule has 3 aromatic heterocycles. The molecule has 2 amide bonds. The van der Waals surface area contributed by atoms with Crippen molar-refractivity contribution in [2.24, 2.45) is 5.73 Å². The lowest BCUT2D eigenvalue weighted by molar-refractivity contribution is -0.137. The van der Waals surface area contributed by atoms with Gasteiger partial charge in [-0.15, -0.1) is 0 Å². The lowest BCUT2D eigenvalue weighted by atomic mass is 10.1. The molecule has 0 unspecified atom stereocenters. The maximum Gasteiger partial charge on any atom is 0.416 e. The van der Waals surface area contributed by atoms with E-state index in [-0.39, 0.29) is 34.6 Å². The van der Waals surface area contributed by atoms with E-state index in [0.717, 1.165) is 12.3 Å². The van der Waals surface area contributed by atoms with Gasteiger partial charge in [-0.2, -0.15) is 18.3 Å². The zero-order valence-corrected chi connectivity index (χ0v) is 16.4. The topological polar surface area (TPSA) is 142 Å². The Kier molecular flexibility index (Phi) is 5.64. The van der Waals surface area contributed by atoms with E-state index in [4.69, 9.17) is 11.5 Å². The smallest absolute Gasteiger partial charge is 0.383 e. The minimum Gasteiger partial charge on any atom is -0.383 e. The summed E-state index contributed by atoms with van der Waals surface area (Å²) in [5.41, 5.74) is 11.0. The second-order valence-corrected chi connectivity index (χ2v) is 6.83. The Morgan fingerprint density at radius 3 is 2.42 bits per heavy atom. The summed E-state index contributed by atoms with van der Waals surface area (Å²) < 4.78 is 39.8. The number of nitrogens with two attached hydrogens (primary N) is 2. The van der Waals surface area contributed by atoms with Crippen LogP contribution in [0.2, 0.25) is 0 Å². The van der Waals surface area contributed by atoms with Crippen LogP contribution in [0.5, 0.6) is 0 Å². The second-order valence-electron chi connectivity index (χ2n) is 6.83. The van der Waals surface area contributed by atoms with Crippen LogP contribution in [0.1, 0.15) is 46.3 Å². The highest BCUT2D eigenvalue weighted by atomic mass is 19.4. The summed E-state index contributed by atoms with van der Waals surface area (Å²) >= 11 is 0. The molecule has 0 aliphatic heterocycles. The fourth-order valence-corrected chi connectivity index (χ4v) is 2.81. The van der Waals surface area contributed by atoms with Crippen molar-refractivity contribution >= 4 is 23.5 Å². The Hall–Kier alpha value is -3.96. The van der Waals surface area contributed by atoms with Crippen molar-refractivity contribution in [2.45, 2.75) is 26.1 Å². The molecule has 0 fully saturated rings. The van der Waals surface area contributed by atoms with Crippen molar-refractivity contribution in [3.05, 3.63) is 53.5 Å². The summed E-state index contributed by atoms with van der Waals surface area (Å²) in [6.45, 7) is 3.65. The molecule has 3 aromatic rings. The number of anilines is 2. The van der Waals surface area contributed by atoms with E-state index in [1.165, 1.54) is 23.0 Å². The number of carbonyl (C=O) groups excluding carboxylic acids is 2. The molecule has 5 N–H and O–H groups in total. The molecule has 12 heteroatoms. The molecule has 3 heterocycles. The van der Waals surface area contributed by atoms with E-state index in [1.54, 1.807) is 0 Å². The third kappa shape index (κ3) is 4.47. The monoisotopic (exact) mass is 433 g/mol. The van der Waals surface area contributed by atoms with Gasteiger partial charge in [0.15, 0.2) is 0 Å². The van der Waals surface area contributed by atoms with Crippen LogP contribution in [0.4, 0.5) is 24.8 Å². The SMILES string of the molecule is CC(C)n1nc(-c2ccc(C(=O)Nc3cc(C(F)(F)F)ccn3)nc2)c(C(N)=O)c1N. The Morgan fingerprint density at radius 2 is 1.87 bits per heavy atom. The maximum atomic E-state index is 12.8. The number of primary amides is 1. The van der Waals surface area contributed by atoms with E-state index in [2.05, 4.69) is 20.4 Å². The van der Waals surface area contributed by atoms with Gasteiger partial charge >= 0.3 is 6.18 Å². The van der Waals surface area contributed by atoms with E-state index in [0.29, 0.717) is 11.6 Å². The number of pyridine rings is 2. The van der Waals surface area contributed by atoms with Gasteiger partial charge in [0.25, 0.3) is 11.8 Å². The molecule has 0 atom stereocenters. The van der Waals surface area contributed by atoms with E-state index < -0.39 is 23.6 Å². The first-order valence-corrected chi connectivity index (χ1v) is 8.97. The van der Waals surface area contributed by atoms with Crippen molar-refractivity contribution < 1.29 is 22.8 Å². The molecule has 0 bridgehead atoms. The standard InChI is InChI=1S/C19H18F3N7O2/c1-9(2)29-16(23)14(17(24)30)15(28-29)10-3-4-12(26-8-10)18(31)27-13-7-11(5-6-25-13)19(20,21)22/h3-9H,23H2,1-2H3,(H2,24,30)(H,25,27,31). The van der Waals surface area contributed by atoms with Gasteiger partial charge < -0.3 is 16.8 Å². The Bertz CT molecular complexity index is 1140. The van der Waals surface area contributed by atoms with Crippen molar-refractivity contribution in [1.82, 2.24) is 19.7 Å². The van der Waals surface area contributed by atoms with Crippen LogP contribution in [0.25, 0.3) is 11.3 Å². The van der Waals surface area contributed by atoms with Crippen LogP contribution in [0.3, 0.4) is 0 Å². The third-order valence-corrected chi connectivity index (χ3v) is 4.28. The summed E-state index contributed by atoms with van der Waals surface area (Å²) in [4.78, 5) is 31.9. The number of amides is 2. The normalized spacial score (nSPS) is 11.5. The third-order valence-electron chi connectivity index (χ3n) is 4.28. The number of halogens is 3. The molecule has 0 aromatic carbocycles. The Balaban J connectivity index is 1.87. The average Bonchev–Trinajstić information content (AvgIpc) is 3.05. The highest BCUT2D eigenvalue weighted by Gasteiger charge is 2.31. The van der Waals surface area contributed by atoms with Crippen molar-refractivity contribution in [3.8, 4) is 11.3 Å². The first-order chi connectivity index (χ1) is 14.5. The highest BCUT2D eigenvalue weighted by molar-refractivity contribution is 6.04. The van der Waals surface area contributed by atoms with Gasteiger partial charge in [-0.25, -0.2) is 9.67 Å². The number of nitrogens with zero attached hydrogens (tertiary/aromatic N) is 4. The molecule has 31 heavy (non-hydrogen) atoms. The van der Waals surface area contributed by atoms with Gasteiger partial charge in [0.1, 0.15) is 28.6 Å². The van der Waals surface area contributed by atoms with Gasteiger partial charge in [0, 0.05) is 24.0 Å². The molecule has 9 nitrogen and oxygen atoms in total. The molecule has 0 saturated heterocycles. The molecule has 0 radical (unpaired) electrons. The minimum absolute atomic E-state index is 0.0286. The van der Waals surface area contributed by atoms with Gasteiger partial charge in [0.2, 0.25) is 0 Å². The number of rotatable bonds is 5. The van der Waals surface area contributed by atoms with Crippen LogP contribution in [0.15, 0.2) is 36.7 Å². The molecular weight excluding hydrogens is 415 g/mol. The number of aromatic nitrogens is 4. The summed E-state index contributed by atoms with van der Waals surface area (Å²) in [5, 5.41) is 6.57. The molecule has 0 saturated carbocycles. The summed E-state index contributed by atoms with van der Waals surface area (Å²) in [7, 11) is 0. The minimum atomic E-state index is -4.57. The fraction of sp³-hybridized carbons (Fsp3) is 0.211.